The average molecular weight is 419 g/mol. The molecule has 0 aliphatic carbocycles. The number of morpholine rings is 1. The van der Waals surface area contributed by atoms with E-state index in [0.717, 1.165) is 16.7 Å². The fourth-order valence-corrected chi connectivity index (χ4v) is 4.85. The molecule has 0 aromatic heterocycles. The molecule has 8 heteroatoms. The lowest BCUT2D eigenvalue weighted by Crippen LogP contribution is -2.40. The Morgan fingerprint density at radius 3 is 2.41 bits per heavy atom. The second-order valence-electron chi connectivity index (χ2n) is 7.11. The van der Waals surface area contributed by atoms with Crippen molar-refractivity contribution < 1.29 is 22.7 Å². The number of aryl methyl sites for hydroxylation is 3. The minimum absolute atomic E-state index is 0.142. The van der Waals surface area contributed by atoms with E-state index in [1.807, 2.05) is 32.9 Å². The number of rotatable bonds is 6. The van der Waals surface area contributed by atoms with Crippen molar-refractivity contribution in [1.82, 2.24) is 4.31 Å². The summed E-state index contributed by atoms with van der Waals surface area (Å²) in [5.74, 6) is 0.333. The normalized spacial score (nSPS) is 15.1. The molecule has 29 heavy (non-hydrogen) atoms. The second kappa shape index (κ2) is 8.94. The zero-order valence-electron chi connectivity index (χ0n) is 16.9. The summed E-state index contributed by atoms with van der Waals surface area (Å²) >= 11 is 0. The maximum absolute atomic E-state index is 12.8. The number of ether oxygens (including phenoxy) is 2. The predicted octanol–water partition coefficient (Wildman–Crippen LogP) is 2.65. The summed E-state index contributed by atoms with van der Waals surface area (Å²) in [4.78, 5) is 12.5. The van der Waals surface area contributed by atoms with Crippen LogP contribution in [0.1, 0.15) is 16.7 Å². The fraction of sp³-hybridized carbons (Fsp3) is 0.381. The van der Waals surface area contributed by atoms with Gasteiger partial charge in [-0.25, -0.2) is 8.42 Å². The summed E-state index contributed by atoms with van der Waals surface area (Å²) in [6.45, 7) is 7.12. The Hall–Kier alpha value is -2.42. The van der Waals surface area contributed by atoms with Gasteiger partial charge in [0.1, 0.15) is 5.75 Å². The second-order valence-corrected chi connectivity index (χ2v) is 9.05. The van der Waals surface area contributed by atoms with Gasteiger partial charge in [-0.1, -0.05) is 23.8 Å². The van der Waals surface area contributed by atoms with Crippen molar-refractivity contribution in [2.75, 3.05) is 38.2 Å². The van der Waals surface area contributed by atoms with Gasteiger partial charge < -0.3 is 14.8 Å². The molecule has 0 spiro atoms. The Kier molecular flexibility index (Phi) is 6.56. The number of nitrogens with one attached hydrogen (secondary N) is 1. The van der Waals surface area contributed by atoms with Crippen LogP contribution in [0.5, 0.6) is 5.75 Å². The number of amides is 1. The van der Waals surface area contributed by atoms with Crippen LogP contribution < -0.4 is 10.1 Å². The van der Waals surface area contributed by atoms with Gasteiger partial charge in [-0.15, -0.1) is 0 Å². The van der Waals surface area contributed by atoms with E-state index in [4.69, 9.17) is 9.47 Å². The average Bonchev–Trinajstić information content (AvgIpc) is 2.68. The van der Waals surface area contributed by atoms with Crippen LogP contribution in [0.4, 0.5) is 5.69 Å². The third-order valence-electron chi connectivity index (χ3n) is 4.68. The van der Waals surface area contributed by atoms with E-state index >= 15 is 0 Å². The lowest BCUT2D eigenvalue weighted by molar-refractivity contribution is -0.118. The molecule has 0 bridgehead atoms. The highest BCUT2D eigenvalue weighted by Gasteiger charge is 2.26. The van der Waals surface area contributed by atoms with Crippen molar-refractivity contribution in [3.63, 3.8) is 0 Å². The van der Waals surface area contributed by atoms with Gasteiger partial charge in [-0.05, 0) is 50.1 Å². The maximum Gasteiger partial charge on any atom is 0.262 e. The number of anilines is 1. The lowest BCUT2D eigenvalue weighted by Gasteiger charge is -2.26. The zero-order chi connectivity index (χ0) is 21.0. The molecular formula is C21H26N2O5S. The highest BCUT2D eigenvalue weighted by molar-refractivity contribution is 7.89. The molecule has 1 aliphatic rings. The molecule has 1 aliphatic heterocycles. The summed E-state index contributed by atoms with van der Waals surface area (Å²) in [5.41, 5.74) is 3.48. The number of carbonyl (C=O) groups excluding carboxylic acids is 1. The van der Waals surface area contributed by atoms with Gasteiger partial charge in [0.2, 0.25) is 10.0 Å². The first kappa shape index (κ1) is 21.3. The SMILES string of the molecule is Cc1cc(C)c(OCC(=O)Nc2cccc(S(=O)(=O)N3CCOCC3)c2)c(C)c1. The number of hydrogen-bond donors (Lipinski definition) is 1. The van der Waals surface area contributed by atoms with Crippen LogP contribution in [0.2, 0.25) is 0 Å². The van der Waals surface area contributed by atoms with Crippen molar-refractivity contribution in [2.45, 2.75) is 25.7 Å². The van der Waals surface area contributed by atoms with Crippen LogP contribution in [0, 0.1) is 20.8 Å². The molecule has 1 fully saturated rings. The van der Waals surface area contributed by atoms with Gasteiger partial charge in [-0.3, -0.25) is 4.79 Å². The number of benzene rings is 2. The lowest BCUT2D eigenvalue weighted by atomic mass is 10.1. The predicted molar refractivity (Wildman–Crippen MR) is 111 cm³/mol. The van der Waals surface area contributed by atoms with Crippen molar-refractivity contribution >= 4 is 21.6 Å². The molecule has 1 heterocycles. The molecule has 1 N–H and O–H groups in total. The van der Waals surface area contributed by atoms with Gasteiger partial charge in [0.15, 0.2) is 6.61 Å². The highest BCUT2D eigenvalue weighted by atomic mass is 32.2. The molecule has 2 aromatic rings. The third kappa shape index (κ3) is 5.14. The Bertz CT molecular complexity index is 975. The molecule has 1 amide bonds. The first-order chi connectivity index (χ1) is 13.8. The molecule has 0 saturated carbocycles. The van der Waals surface area contributed by atoms with Crippen molar-refractivity contribution in [1.29, 1.82) is 0 Å². The zero-order valence-corrected chi connectivity index (χ0v) is 17.7. The summed E-state index contributed by atoms with van der Waals surface area (Å²) < 4.78 is 37.8. The number of nitrogens with zero attached hydrogens (tertiary/aromatic N) is 1. The molecule has 1 saturated heterocycles. The summed E-state index contributed by atoms with van der Waals surface area (Å²) in [6, 6.07) is 10.2. The van der Waals surface area contributed by atoms with Crippen LogP contribution in [0.15, 0.2) is 41.3 Å². The van der Waals surface area contributed by atoms with Crippen LogP contribution in [-0.4, -0.2) is 51.5 Å². The maximum atomic E-state index is 12.8. The Balaban J connectivity index is 1.66. The molecule has 3 rings (SSSR count). The molecule has 0 unspecified atom stereocenters. The smallest absolute Gasteiger partial charge is 0.262 e. The van der Waals surface area contributed by atoms with E-state index in [-0.39, 0.29) is 17.4 Å². The first-order valence-electron chi connectivity index (χ1n) is 9.46. The third-order valence-corrected chi connectivity index (χ3v) is 6.57. The summed E-state index contributed by atoms with van der Waals surface area (Å²) in [6.07, 6.45) is 0. The standard InChI is InChI=1S/C21H26N2O5S/c1-15-11-16(2)21(17(3)12-15)28-14-20(24)22-18-5-4-6-19(13-18)29(25,26)23-7-9-27-10-8-23/h4-6,11-13H,7-10,14H2,1-3H3,(H,22,24). The molecule has 156 valence electrons. The van der Waals surface area contributed by atoms with Crippen LogP contribution in [0.25, 0.3) is 0 Å². The molecule has 7 nitrogen and oxygen atoms in total. The van der Waals surface area contributed by atoms with Crippen molar-refractivity contribution in [2.24, 2.45) is 0 Å². The minimum atomic E-state index is -3.62. The topological polar surface area (TPSA) is 84.9 Å². The fourth-order valence-electron chi connectivity index (χ4n) is 3.40. The van der Waals surface area contributed by atoms with E-state index in [1.54, 1.807) is 12.1 Å². The Morgan fingerprint density at radius 1 is 1.10 bits per heavy atom. The first-order valence-corrected chi connectivity index (χ1v) is 10.9. The largest absolute Gasteiger partial charge is 0.483 e. The monoisotopic (exact) mass is 418 g/mol. The quantitative estimate of drug-likeness (QED) is 0.780. The minimum Gasteiger partial charge on any atom is -0.483 e. The molecular weight excluding hydrogens is 392 g/mol. The van der Waals surface area contributed by atoms with Gasteiger partial charge in [0.05, 0.1) is 18.1 Å². The van der Waals surface area contributed by atoms with Gasteiger partial charge in [0, 0.05) is 18.8 Å². The van der Waals surface area contributed by atoms with Gasteiger partial charge >= 0.3 is 0 Å². The molecule has 0 atom stereocenters. The van der Waals surface area contributed by atoms with Crippen LogP contribution >= 0.6 is 0 Å². The number of hydrogen-bond acceptors (Lipinski definition) is 5. The van der Waals surface area contributed by atoms with E-state index in [9.17, 15) is 13.2 Å². The summed E-state index contributed by atoms with van der Waals surface area (Å²) in [5, 5.41) is 2.71. The molecule has 0 radical (unpaired) electrons. The van der Waals surface area contributed by atoms with Gasteiger partial charge in [-0.2, -0.15) is 4.31 Å². The van der Waals surface area contributed by atoms with Crippen LogP contribution in [-0.2, 0) is 19.6 Å². The van der Waals surface area contributed by atoms with E-state index in [2.05, 4.69) is 5.32 Å². The highest BCUT2D eigenvalue weighted by Crippen LogP contribution is 2.25. The van der Waals surface area contributed by atoms with E-state index < -0.39 is 10.0 Å². The van der Waals surface area contributed by atoms with Crippen molar-refractivity contribution in [3.8, 4) is 5.75 Å². The van der Waals surface area contributed by atoms with E-state index in [1.165, 1.54) is 16.4 Å². The summed E-state index contributed by atoms with van der Waals surface area (Å²) in [7, 11) is -3.62. The Labute approximate surface area is 171 Å². The van der Waals surface area contributed by atoms with Crippen LogP contribution in [0.3, 0.4) is 0 Å². The van der Waals surface area contributed by atoms with Crippen molar-refractivity contribution in [3.05, 3.63) is 53.1 Å². The Morgan fingerprint density at radius 2 is 1.76 bits per heavy atom. The molecule has 2 aromatic carbocycles. The van der Waals surface area contributed by atoms with E-state index in [0.29, 0.717) is 37.7 Å². The number of sulfonamides is 1. The van der Waals surface area contributed by atoms with Gasteiger partial charge in [0.25, 0.3) is 5.91 Å². The number of carbonyl (C=O) groups is 1.